The largest absolute Gasteiger partial charge is 0.379 e. The summed E-state index contributed by atoms with van der Waals surface area (Å²) in [5.41, 5.74) is 2.54. The standard InChI is InChI=1S/C20H31N3O2.2ClH/c1-16-3-2-4-18(13-16)19(23-9-11-25-12-10-23)15-22-20(24)6-5-17-7-8-21-14-17;;/h2-4,13,17,19,21H,5-12,14-15H2,1H3,(H,22,24);2*1H. The van der Waals surface area contributed by atoms with E-state index in [4.69, 9.17) is 4.74 Å². The molecule has 0 saturated carbocycles. The number of morpholine rings is 1. The second-order valence-corrected chi connectivity index (χ2v) is 7.28. The van der Waals surface area contributed by atoms with Crippen LogP contribution in [0.25, 0.3) is 0 Å². The molecular weight excluding hydrogens is 385 g/mol. The van der Waals surface area contributed by atoms with Crippen molar-refractivity contribution in [1.29, 1.82) is 0 Å². The summed E-state index contributed by atoms with van der Waals surface area (Å²) in [4.78, 5) is 14.7. The van der Waals surface area contributed by atoms with Gasteiger partial charge in [0.1, 0.15) is 0 Å². The second-order valence-electron chi connectivity index (χ2n) is 7.28. The Balaban J connectivity index is 0.00000182. The van der Waals surface area contributed by atoms with Crippen LogP contribution in [0, 0.1) is 12.8 Å². The molecule has 1 aromatic rings. The van der Waals surface area contributed by atoms with E-state index < -0.39 is 0 Å². The molecule has 3 rings (SSSR count). The molecule has 0 aromatic heterocycles. The fourth-order valence-corrected chi connectivity index (χ4v) is 3.82. The molecule has 0 radical (unpaired) electrons. The van der Waals surface area contributed by atoms with Gasteiger partial charge in [-0.05, 0) is 44.3 Å². The van der Waals surface area contributed by atoms with Crippen molar-refractivity contribution in [3.8, 4) is 0 Å². The zero-order chi connectivity index (χ0) is 17.5. The summed E-state index contributed by atoms with van der Waals surface area (Å²) in [6.07, 6.45) is 2.83. The van der Waals surface area contributed by atoms with Crippen LogP contribution >= 0.6 is 24.8 Å². The first-order chi connectivity index (χ1) is 12.2. The third-order valence-corrected chi connectivity index (χ3v) is 5.35. The summed E-state index contributed by atoms with van der Waals surface area (Å²) in [5, 5.41) is 6.55. The lowest BCUT2D eigenvalue weighted by Crippen LogP contribution is -2.43. The highest BCUT2D eigenvalue weighted by molar-refractivity contribution is 5.85. The van der Waals surface area contributed by atoms with Crippen molar-refractivity contribution >= 4 is 30.7 Å². The zero-order valence-corrected chi connectivity index (χ0v) is 17.7. The van der Waals surface area contributed by atoms with Crippen molar-refractivity contribution < 1.29 is 9.53 Å². The predicted molar refractivity (Wildman–Crippen MR) is 114 cm³/mol. The van der Waals surface area contributed by atoms with Gasteiger partial charge in [-0.25, -0.2) is 0 Å². The van der Waals surface area contributed by atoms with Crippen LogP contribution in [0.1, 0.15) is 36.4 Å². The number of nitrogens with zero attached hydrogens (tertiary/aromatic N) is 1. The SMILES string of the molecule is Cc1cccc(C(CNC(=O)CCC2CCNC2)N2CCOCC2)c1.Cl.Cl. The highest BCUT2D eigenvalue weighted by Crippen LogP contribution is 2.22. The zero-order valence-electron chi connectivity index (χ0n) is 16.1. The van der Waals surface area contributed by atoms with Crippen LogP contribution in [-0.2, 0) is 9.53 Å². The van der Waals surface area contributed by atoms with E-state index in [1.165, 1.54) is 17.5 Å². The average molecular weight is 418 g/mol. The monoisotopic (exact) mass is 417 g/mol. The Morgan fingerprint density at radius 2 is 2.11 bits per heavy atom. The Morgan fingerprint density at radius 1 is 1.33 bits per heavy atom. The number of benzene rings is 1. The van der Waals surface area contributed by atoms with Gasteiger partial charge in [0.25, 0.3) is 0 Å². The van der Waals surface area contributed by atoms with Crippen LogP contribution in [0.2, 0.25) is 0 Å². The summed E-state index contributed by atoms with van der Waals surface area (Å²) in [6.45, 7) is 8.32. The number of aryl methyl sites for hydroxylation is 1. The minimum Gasteiger partial charge on any atom is -0.379 e. The summed E-state index contributed by atoms with van der Waals surface area (Å²) in [6, 6.07) is 8.85. The molecule has 2 N–H and O–H groups in total. The van der Waals surface area contributed by atoms with Gasteiger partial charge < -0.3 is 15.4 Å². The van der Waals surface area contributed by atoms with E-state index in [2.05, 4.69) is 46.7 Å². The van der Waals surface area contributed by atoms with E-state index in [1.807, 2.05) is 0 Å². The normalized spacial score (nSPS) is 21.0. The number of amides is 1. The topological polar surface area (TPSA) is 53.6 Å². The number of carbonyl (C=O) groups is 1. The maximum atomic E-state index is 12.3. The summed E-state index contributed by atoms with van der Waals surface area (Å²) >= 11 is 0. The van der Waals surface area contributed by atoms with E-state index >= 15 is 0 Å². The lowest BCUT2D eigenvalue weighted by Gasteiger charge is -2.35. The number of halogens is 2. The molecule has 1 amide bonds. The molecule has 27 heavy (non-hydrogen) atoms. The van der Waals surface area contributed by atoms with Crippen molar-refractivity contribution in [2.75, 3.05) is 45.9 Å². The van der Waals surface area contributed by atoms with Crippen molar-refractivity contribution in [1.82, 2.24) is 15.5 Å². The third kappa shape index (κ3) is 7.59. The molecule has 1 aromatic carbocycles. The first kappa shape index (κ1) is 24.2. The molecule has 2 fully saturated rings. The van der Waals surface area contributed by atoms with Crippen molar-refractivity contribution in [2.24, 2.45) is 5.92 Å². The van der Waals surface area contributed by atoms with Crippen molar-refractivity contribution in [3.05, 3.63) is 35.4 Å². The maximum absolute atomic E-state index is 12.3. The van der Waals surface area contributed by atoms with Crippen LogP contribution in [0.5, 0.6) is 0 Å². The quantitative estimate of drug-likeness (QED) is 0.715. The molecule has 2 aliphatic heterocycles. The first-order valence-electron chi connectivity index (χ1n) is 9.58. The van der Waals surface area contributed by atoms with Gasteiger partial charge in [-0.1, -0.05) is 29.8 Å². The van der Waals surface area contributed by atoms with E-state index in [0.29, 0.717) is 18.9 Å². The Hall–Kier alpha value is -0.850. The molecule has 2 atom stereocenters. The lowest BCUT2D eigenvalue weighted by atomic mass is 10.0. The molecule has 0 bridgehead atoms. The van der Waals surface area contributed by atoms with Gasteiger partial charge >= 0.3 is 0 Å². The molecular formula is C20H33Cl2N3O2. The van der Waals surface area contributed by atoms with Crippen molar-refractivity contribution in [2.45, 2.75) is 32.2 Å². The maximum Gasteiger partial charge on any atom is 0.220 e. The molecule has 2 aliphatic rings. The molecule has 0 aliphatic carbocycles. The first-order valence-corrected chi connectivity index (χ1v) is 9.58. The number of hydrogen-bond acceptors (Lipinski definition) is 4. The van der Waals surface area contributed by atoms with Crippen LogP contribution < -0.4 is 10.6 Å². The fraction of sp³-hybridized carbons (Fsp3) is 0.650. The summed E-state index contributed by atoms with van der Waals surface area (Å²) in [7, 11) is 0. The van der Waals surface area contributed by atoms with Crippen LogP contribution in [0.4, 0.5) is 0 Å². The van der Waals surface area contributed by atoms with Crippen LogP contribution in [-0.4, -0.2) is 56.7 Å². The third-order valence-electron chi connectivity index (χ3n) is 5.35. The Morgan fingerprint density at radius 3 is 2.78 bits per heavy atom. The van der Waals surface area contributed by atoms with Gasteiger partial charge in [0.15, 0.2) is 0 Å². The molecule has 7 heteroatoms. The number of hydrogen-bond donors (Lipinski definition) is 2. The summed E-state index contributed by atoms with van der Waals surface area (Å²) in [5.74, 6) is 0.843. The van der Waals surface area contributed by atoms with Gasteiger partial charge in [-0.3, -0.25) is 9.69 Å². The Bertz CT molecular complexity index is 562. The van der Waals surface area contributed by atoms with Crippen LogP contribution in [0.15, 0.2) is 24.3 Å². The lowest BCUT2D eigenvalue weighted by molar-refractivity contribution is -0.121. The Labute approximate surface area is 175 Å². The van der Waals surface area contributed by atoms with Gasteiger partial charge in [0.2, 0.25) is 5.91 Å². The number of rotatable bonds is 7. The molecule has 2 unspecified atom stereocenters. The highest BCUT2D eigenvalue weighted by Gasteiger charge is 2.23. The van der Waals surface area contributed by atoms with Gasteiger partial charge in [-0.2, -0.15) is 0 Å². The van der Waals surface area contributed by atoms with Gasteiger partial charge in [0.05, 0.1) is 19.3 Å². The minimum atomic E-state index is 0. The molecule has 154 valence electrons. The molecule has 2 heterocycles. The second kappa shape index (κ2) is 12.6. The smallest absolute Gasteiger partial charge is 0.220 e. The molecule has 0 spiro atoms. The van der Waals surface area contributed by atoms with E-state index in [1.54, 1.807) is 0 Å². The van der Waals surface area contributed by atoms with E-state index in [0.717, 1.165) is 45.8 Å². The Kier molecular flexibility index (Phi) is 11.3. The molecule has 5 nitrogen and oxygen atoms in total. The minimum absolute atomic E-state index is 0. The van der Waals surface area contributed by atoms with Gasteiger partial charge in [0, 0.05) is 26.1 Å². The number of nitrogens with one attached hydrogen (secondary N) is 2. The number of carbonyl (C=O) groups excluding carboxylic acids is 1. The summed E-state index contributed by atoms with van der Waals surface area (Å²) < 4.78 is 5.50. The van der Waals surface area contributed by atoms with Crippen LogP contribution in [0.3, 0.4) is 0 Å². The van der Waals surface area contributed by atoms with E-state index in [-0.39, 0.29) is 36.8 Å². The van der Waals surface area contributed by atoms with Crippen molar-refractivity contribution in [3.63, 3.8) is 0 Å². The average Bonchev–Trinajstić information content (AvgIpc) is 3.15. The van der Waals surface area contributed by atoms with E-state index in [9.17, 15) is 4.79 Å². The molecule has 2 saturated heterocycles. The van der Waals surface area contributed by atoms with Gasteiger partial charge in [-0.15, -0.1) is 24.8 Å². The number of ether oxygens (including phenoxy) is 1. The highest BCUT2D eigenvalue weighted by atomic mass is 35.5. The fourth-order valence-electron chi connectivity index (χ4n) is 3.82. The predicted octanol–water partition coefficient (Wildman–Crippen LogP) is 2.72.